The van der Waals surface area contributed by atoms with Crippen molar-refractivity contribution < 1.29 is 9.13 Å². The number of benzene rings is 1. The lowest BCUT2D eigenvalue weighted by Crippen LogP contribution is -2.21. The van der Waals surface area contributed by atoms with Crippen LogP contribution in [0.15, 0.2) is 30.3 Å². The van der Waals surface area contributed by atoms with E-state index < -0.39 is 0 Å². The Kier molecular flexibility index (Phi) is 7.95. The fraction of sp³-hybridized carbons (Fsp3) is 0.571. The standard InChI is InChI=1S/C21H29FN2O.ClH/c1-3-9-19-14-21(25-15-18-12-7-8-13-20(18)22)24(23-19)16(2)17-10-5-4-6-11-17;/h7-8,12-14,16-17H,3-6,9-11,15H2,1-2H3;1H. The first-order valence-corrected chi connectivity index (χ1v) is 9.63. The molecule has 0 radical (unpaired) electrons. The summed E-state index contributed by atoms with van der Waals surface area (Å²) in [5, 5.41) is 4.81. The van der Waals surface area contributed by atoms with E-state index >= 15 is 0 Å². The molecule has 1 atom stereocenters. The monoisotopic (exact) mass is 380 g/mol. The lowest BCUT2D eigenvalue weighted by Gasteiger charge is -2.28. The van der Waals surface area contributed by atoms with Crippen LogP contribution in [-0.2, 0) is 13.0 Å². The van der Waals surface area contributed by atoms with Gasteiger partial charge in [0.2, 0.25) is 5.88 Å². The zero-order valence-corrected chi connectivity index (χ0v) is 16.6. The Labute approximate surface area is 162 Å². The maximum absolute atomic E-state index is 13.9. The molecular formula is C21H30ClFN2O. The molecule has 26 heavy (non-hydrogen) atoms. The fourth-order valence-electron chi connectivity index (χ4n) is 3.79. The second kappa shape index (κ2) is 9.96. The highest BCUT2D eigenvalue weighted by atomic mass is 35.5. The van der Waals surface area contributed by atoms with Gasteiger partial charge in [-0.15, -0.1) is 12.4 Å². The van der Waals surface area contributed by atoms with Gasteiger partial charge in [-0.25, -0.2) is 9.07 Å². The van der Waals surface area contributed by atoms with E-state index in [1.807, 2.05) is 16.8 Å². The van der Waals surface area contributed by atoms with E-state index in [4.69, 9.17) is 9.84 Å². The van der Waals surface area contributed by atoms with Gasteiger partial charge in [0, 0.05) is 11.6 Å². The summed E-state index contributed by atoms with van der Waals surface area (Å²) in [4.78, 5) is 0. The minimum absolute atomic E-state index is 0. The Bertz CT molecular complexity index is 682. The van der Waals surface area contributed by atoms with Gasteiger partial charge in [-0.1, -0.05) is 50.8 Å². The van der Waals surface area contributed by atoms with Gasteiger partial charge in [0.05, 0.1) is 11.7 Å². The minimum Gasteiger partial charge on any atom is -0.473 e. The third-order valence-corrected chi connectivity index (χ3v) is 5.31. The van der Waals surface area contributed by atoms with Crippen LogP contribution in [0.4, 0.5) is 4.39 Å². The average molecular weight is 381 g/mol. The molecule has 0 bridgehead atoms. The van der Waals surface area contributed by atoms with Crippen molar-refractivity contribution in [2.24, 2.45) is 5.92 Å². The minimum atomic E-state index is -0.220. The zero-order chi connectivity index (χ0) is 17.6. The molecule has 3 nitrogen and oxygen atoms in total. The van der Waals surface area contributed by atoms with Crippen molar-refractivity contribution in [3.8, 4) is 5.88 Å². The number of aromatic nitrogens is 2. The van der Waals surface area contributed by atoms with Crippen molar-refractivity contribution in [3.63, 3.8) is 0 Å². The summed E-state index contributed by atoms with van der Waals surface area (Å²) in [6, 6.07) is 9.14. The summed E-state index contributed by atoms with van der Waals surface area (Å²) >= 11 is 0. The first-order valence-electron chi connectivity index (χ1n) is 9.63. The summed E-state index contributed by atoms with van der Waals surface area (Å²) in [6.07, 6.45) is 8.49. The lowest BCUT2D eigenvalue weighted by atomic mass is 9.85. The maximum atomic E-state index is 13.9. The van der Waals surface area contributed by atoms with Crippen LogP contribution in [0.5, 0.6) is 5.88 Å². The van der Waals surface area contributed by atoms with Crippen molar-refractivity contribution >= 4 is 12.4 Å². The van der Waals surface area contributed by atoms with E-state index in [-0.39, 0.29) is 24.8 Å². The molecule has 1 aromatic heterocycles. The van der Waals surface area contributed by atoms with Gasteiger partial charge in [0.25, 0.3) is 0 Å². The van der Waals surface area contributed by atoms with Gasteiger partial charge in [0.1, 0.15) is 12.4 Å². The van der Waals surface area contributed by atoms with Gasteiger partial charge >= 0.3 is 0 Å². The summed E-state index contributed by atoms with van der Waals surface area (Å²) in [6.45, 7) is 4.64. The fourth-order valence-corrected chi connectivity index (χ4v) is 3.79. The highest BCUT2D eigenvalue weighted by molar-refractivity contribution is 5.85. The number of hydrogen-bond acceptors (Lipinski definition) is 2. The van der Waals surface area contributed by atoms with Gasteiger partial charge in [-0.3, -0.25) is 0 Å². The molecule has 0 amide bonds. The molecule has 1 aromatic carbocycles. The second-order valence-corrected chi connectivity index (χ2v) is 7.19. The van der Waals surface area contributed by atoms with E-state index in [2.05, 4.69) is 13.8 Å². The summed E-state index contributed by atoms with van der Waals surface area (Å²) in [5.41, 5.74) is 1.64. The normalized spacial score (nSPS) is 16.1. The molecule has 5 heteroatoms. The van der Waals surface area contributed by atoms with Crippen LogP contribution in [0.1, 0.15) is 69.7 Å². The number of nitrogens with zero attached hydrogens (tertiary/aromatic N) is 2. The Balaban J connectivity index is 0.00000243. The average Bonchev–Trinajstić information content (AvgIpc) is 3.04. The molecule has 0 aliphatic heterocycles. The van der Waals surface area contributed by atoms with E-state index in [0.717, 1.165) is 24.4 Å². The van der Waals surface area contributed by atoms with Crippen molar-refractivity contribution in [3.05, 3.63) is 47.4 Å². The molecular weight excluding hydrogens is 351 g/mol. The molecule has 0 spiro atoms. The molecule has 1 unspecified atom stereocenters. The van der Waals surface area contributed by atoms with E-state index in [1.54, 1.807) is 12.1 Å². The van der Waals surface area contributed by atoms with Crippen molar-refractivity contribution in [2.45, 2.75) is 71.4 Å². The molecule has 1 fully saturated rings. The smallest absolute Gasteiger partial charge is 0.212 e. The molecule has 0 saturated heterocycles. The van der Waals surface area contributed by atoms with Crippen LogP contribution < -0.4 is 4.74 Å². The highest BCUT2D eigenvalue weighted by Gasteiger charge is 2.25. The third kappa shape index (κ3) is 5.00. The van der Waals surface area contributed by atoms with Crippen LogP contribution in [-0.4, -0.2) is 9.78 Å². The Morgan fingerprint density at radius 3 is 2.65 bits per heavy atom. The Hall–Kier alpha value is -1.55. The van der Waals surface area contributed by atoms with Crippen LogP contribution >= 0.6 is 12.4 Å². The van der Waals surface area contributed by atoms with Crippen LogP contribution in [0.3, 0.4) is 0 Å². The van der Waals surface area contributed by atoms with E-state index in [9.17, 15) is 4.39 Å². The van der Waals surface area contributed by atoms with Crippen molar-refractivity contribution in [2.75, 3.05) is 0 Å². The molecule has 1 aliphatic rings. The molecule has 0 N–H and O–H groups in total. The first kappa shape index (κ1) is 20.8. The zero-order valence-electron chi connectivity index (χ0n) is 15.8. The topological polar surface area (TPSA) is 27.1 Å². The Morgan fingerprint density at radius 2 is 1.96 bits per heavy atom. The number of halogens is 2. The van der Waals surface area contributed by atoms with Gasteiger partial charge in [-0.2, -0.15) is 5.10 Å². The third-order valence-electron chi connectivity index (χ3n) is 5.31. The first-order chi connectivity index (χ1) is 12.2. The van der Waals surface area contributed by atoms with Crippen LogP contribution in [0.25, 0.3) is 0 Å². The van der Waals surface area contributed by atoms with Crippen molar-refractivity contribution in [1.82, 2.24) is 9.78 Å². The molecule has 3 rings (SSSR count). The molecule has 1 aliphatic carbocycles. The summed E-state index contributed by atoms with van der Waals surface area (Å²) < 4.78 is 21.9. The number of aryl methyl sites for hydroxylation is 1. The predicted octanol–water partition coefficient (Wildman–Crippen LogP) is 6.12. The lowest BCUT2D eigenvalue weighted by molar-refractivity contribution is 0.208. The number of ether oxygens (including phenoxy) is 1. The molecule has 2 aromatic rings. The summed E-state index contributed by atoms with van der Waals surface area (Å²) in [7, 11) is 0. The predicted molar refractivity (Wildman–Crippen MR) is 105 cm³/mol. The molecule has 144 valence electrons. The van der Waals surface area contributed by atoms with Crippen LogP contribution in [0, 0.1) is 11.7 Å². The summed E-state index contributed by atoms with van der Waals surface area (Å²) in [5.74, 6) is 1.20. The number of rotatable bonds is 7. The maximum Gasteiger partial charge on any atom is 0.212 e. The largest absolute Gasteiger partial charge is 0.473 e. The van der Waals surface area contributed by atoms with Crippen LogP contribution in [0.2, 0.25) is 0 Å². The Morgan fingerprint density at radius 1 is 1.23 bits per heavy atom. The number of hydrogen-bond donors (Lipinski definition) is 0. The molecule has 1 saturated carbocycles. The molecule has 1 heterocycles. The SMILES string of the molecule is CCCc1cc(OCc2ccccc2F)n(C(C)C2CCCCC2)n1.Cl. The second-order valence-electron chi connectivity index (χ2n) is 7.19. The van der Waals surface area contributed by atoms with Gasteiger partial charge < -0.3 is 4.74 Å². The highest BCUT2D eigenvalue weighted by Crippen LogP contribution is 2.35. The van der Waals surface area contributed by atoms with Gasteiger partial charge in [0.15, 0.2) is 0 Å². The van der Waals surface area contributed by atoms with Crippen molar-refractivity contribution in [1.29, 1.82) is 0 Å². The quantitative estimate of drug-likeness (QED) is 0.578. The van der Waals surface area contributed by atoms with E-state index in [0.29, 0.717) is 17.5 Å². The van der Waals surface area contributed by atoms with E-state index in [1.165, 1.54) is 38.2 Å². The van der Waals surface area contributed by atoms with Gasteiger partial charge in [-0.05, 0) is 38.2 Å².